The quantitative estimate of drug-likeness (QED) is 0.832. The van der Waals surface area contributed by atoms with Crippen LogP contribution in [0.1, 0.15) is 38.0 Å². The molecule has 1 fully saturated rings. The van der Waals surface area contributed by atoms with Crippen LogP contribution in [-0.4, -0.2) is 38.4 Å². The van der Waals surface area contributed by atoms with Gasteiger partial charge in [-0.05, 0) is 24.3 Å². The van der Waals surface area contributed by atoms with Gasteiger partial charge in [-0.3, -0.25) is 0 Å². The third-order valence-electron chi connectivity index (χ3n) is 4.04. The Hall–Kier alpha value is -0.470. The number of rotatable bonds is 6. The van der Waals surface area contributed by atoms with Crippen molar-refractivity contribution >= 4 is 21.5 Å². The maximum absolute atomic E-state index is 12.5. The van der Waals surface area contributed by atoms with E-state index < -0.39 is 10.2 Å². The van der Waals surface area contributed by atoms with E-state index in [-0.39, 0.29) is 11.5 Å². The zero-order chi connectivity index (χ0) is 15.5. The van der Waals surface area contributed by atoms with Crippen LogP contribution in [-0.2, 0) is 15.6 Å². The Balaban J connectivity index is 2.04. The summed E-state index contributed by atoms with van der Waals surface area (Å²) in [6.45, 7) is 5.45. The molecule has 0 aromatic carbocycles. The molecule has 3 N–H and O–H groups in total. The van der Waals surface area contributed by atoms with Gasteiger partial charge in [0.15, 0.2) is 0 Å². The number of piperidine rings is 1. The van der Waals surface area contributed by atoms with E-state index in [4.69, 9.17) is 5.73 Å². The first-order valence-corrected chi connectivity index (χ1v) is 9.69. The summed E-state index contributed by atoms with van der Waals surface area (Å²) in [5.41, 5.74) is 5.50. The minimum atomic E-state index is -3.46. The molecule has 2 rings (SSSR count). The Morgan fingerprint density at radius 2 is 2.24 bits per heavy atom. The highest BCUT2D eigenvalue weighted by molar-refractivity contribution is 7.87. The van der Waals surface area contributed by atoms with Crippen molar-refractivity contribution in [2.24, 2.45) is 5.73 Å². The minimum Gasteiger partial charge on any atom is -0.329 e. The summed E-state index contributed by atoms with van der Waals surface area (Å²) in [5, 5.41) is 2.01. The molecular formula is C14H25N3O2S2. The van der Waals surface area contributed by atoms with Gasteiger partial charge in [-0.1, -0.05) is 26.3 Å². The van der Waals surface area contributed by atoms with Gasteiger partial charge in [-0.15, -0.1) is 11.3 Å². The number of nitrogens with two attached hydrogens (primary N) is 1. The van der Waals surface area contributed by atoms with Crippen LogP contribution in [0.15, 0.2) is 17.5 Å². The lowest BCUT2D eigenvalue weighted by atomic mass is 9.92. The molecule has 120 valence electrons. The molecule has 0 amide bonds. The first-order valence-electron chi connectivity index (χ1n) is 7.37. The van der Waals surface area contributed by atoms with E-state index in [0.29, 0.717) is 19.6 Å². The lowest BCUT2D eigenvalue weighted by molar-refractivity contribution is 0.253. The lowest BCUT2D eigenvalue weighted by Crippen LogP contribution is -2.53. The van der Waals surface area contributed by atoms with Crippen LogP contribution in [0.2, 0.25) is 0 Å². The maximum atomic E-state index is 12.5. The molecule has 1 aromatic heterocycles. The van der Waals surface area contributed by atoms with Crippen LogP contribution in [0.5, 0.6) is 0 Å². The third kappa shape index (κ3) is 4.04. The highest BCUT2D eigenvalue weighted by Crippen LogP contribution is 2.27. The summed E-state index contributed by atoms with van der Waals surface area (Å²) < 4.78 is 29.4. The van der Waals surface area contributed by atoms with Crippen molar-refractivity contribution in [1.29, 1.82) is 0 Å². The van der Waals surface area contributed by atoms with Crippen molar-refractivity contribution in [1.82, 2.24) is 9.03 Å². The highest BCUT2D eigenvalue weighted by Gasteiger charge is 2.33. The molecule has 21 heavy (non-hydrogen) atoms. The van der Waals surface area contributed by atoms with Crippen molar-refractivity contribution in [2.75, 3.05) is 19.6 Å². The van der Waals surface area contributed by atoms with Crippen LogP contribution >= 0.6 is 11.3 Å². The van der Waals surface area contributed by atoms with Gasteiger partial charge >= 0.3 is 0 Å². The predicted molar refractivity (Wildman–Crippen MR) is 87.7 cm³/mol. The molecule has 1 aromatic rings. The number of nitrogens with zero attached hydrogens (tertiary/aromatic N) is 1. The second kappa shape index (κ2) is 6.75. The molecule has 1 aliphatic rings. The van der Waals surface area contributed by atoms with E-state index in [0.717, 1.165) is 19.3 Å². The van der Waals surface area contributed by atoms with E-state index in [1.165, 1.54) is 4.88 Å². The normalized spacial score (nSPS) is 21.6. The van der Waals surface area contributed by atoms with Crippen molar-refractivity contribution in [3.8, 4) is 0 Å². The monoisotopic (exact) mass is 331 g/mol. The summed E-state index contributed by atoms with van der Waals surface area (Å²) in [5.74, 6) is 0. The zero-order valence-electron chi connectivity index (χ0n) is 12.7. The van der Waals surface area contributed by atoms with E-state index in [1.54, 1.807) is 15.6 Å². The van der Waals surface area contributed by atoms with Crippen LogP contribution in [0.3, 0.4) is 0 Å². The Morgan fingerprint density at radius 3 is 2.86 bits per heavy atom. The number of hydrogen-bond donors (Lipinski definition) is 2. The SMILES string of the molecule is CC(C)(CNS(=O)(=O)N1CCCCC1CN)c1cccs1. The topological polar surface area (TPSA) is 75.4 Å². The summed E-state index contributed by atoms with van der Waals surface area (Å²) in [7, 11) is -3.46. The summed E-state index contributed by atoms with van der Waals surface area (Å²) in [6, 6.07) is 3.97. The molecule has 5 nitrogen and oxygen atoms in total. The molecule has 1 unspecified atom stereocenters. The van der Waals surface area contributed by atoms with E-state index in [2.05, 4.69) is 18.6 Å². The number of thiophene rings is 1. The Labute approximate surface area is 131 Å². The number of hydrogen-bond acceptors (Lipinski definition) is 4. The average Bonchev–Trinajstić information content (AvgIpc) is 3.00. The first-order chi connectivity index (χ1) is 9.87. The second-order valence-electron chi connectivity index (χ2n) is 6.18. The molecule has 2 heterocycles. The Kier molecular flexibility index (Phi) is 5.43. The van der Waals surface area contributed by atoms with Gasteiger partial charge in [-0.25, -0.2) is 4.72 Å². The van der Waals surface area contributed by atoms with Crippen LogP contribution in [0.4, 0.5) is 0 Å². The summed E-state index contributed by atoms with van der Waals surface area (Å²) >= 11 is 1.65. The third-order valence-corrected chi connectivity index (χ3v) is 6.88. The average molecular weight is 332 g/mol. The van der Waals surface area contributed by atoms with Crippen molar-refractivity contribution < 1.29 is 8.42 Å². The van der Waals surface area contributed by atoms with Gasteiger partial charge in [0.1, 0.15) is 0 Å². The molecule has 0 aliphatic carbocycles. The molecule has 0 saturated carbocycles. The van der Waals surface area contributed by atoms with Gasteiger partial charge in [0.25, 0.3) is 10.2 Å². The Morgan fingerprint density at radius 1 is 1.48 bits per heavy atom. The fourth-order valence-corrected chi connectivity index (χ4v) is 5.15. The lowest BCUT2D eigenvalue weighted by Gasteiger charge is -2.35. The van der Waals surface area contributed by atoms with E-state index >= 15 is 0 Å². The van der Waals surface area contributed by atoms with Crippen LogP contribution in [0, 0.1) is 0 Å². The van der Waals surface area contributed by atoms with Gasteiger partial charge < -0.3 is 5.73 Å². The van der Waals surface area contributed by atoms with Crippen molar-refractivity contribution in [2.45, 2.75) is 44.6 Å². The fourth-order valence-electron chi connectivity index (χ4n) is 2.63. The standard InChI is InChI=1S/C14H25N3O2S2/c1-14(2,13-7-5-9-20-13)11-16-21(18,19)17-8-4-3-6-12(17)10-15/h5,7,9,12,16H,3-4,6,8,10-11,15H2,1-2H3. The molecule has 0 spiro atoms. The second-order valence-corrected chi connectivity index (χ2v) is 8.84. The van der Waals surface area contributed by atoms with Crippen molar-refractivity contribution in [3.05, 3.63) is 22.4 Å². The molecular weight excluding hydrogens is 306 g/mol. The molecule has 0 bridgehead atoms. The minimum absolute atomic E-state index is 0.0684. The van der Waals surface area contributed by atoms with Gasteiger partial charge in [-0.2, -0.15) is 12.7 Å². The Bertz CT molecular complexity index is 541. The van der Waals surface area contributed by atoms with E-state index in [1.807, 2.05) is 17.5 Å². The van der Waals surface area contributed by atoms with Gasteiger partial charge in [0.2, 0.25) is 0 Å². The molecule has 7 heteroatoms. The smallest absolute Gasteiger partial charge is 0.279 e. The highest BCUT2D eigenvalue weighted by atomic mass is 32.2. The predicted octanol–water partition coefficient (Wildman–Crippen LogP) is 1.67. The first kappa shape index (κ1) is 16.9. The molecule has 1 aliphatic heterocycles. The van der Waals surface area contributed by atoms with Gasteiger partial charge in [0, 0.05) is 36.0 Å². The molecule has 1 atom stereocenters. The number of nitrogens with one attached hydrogen (secondary N) is 1. The summed E-state index contributed by atoms with van der Waals surface area (Å²) in [6.07, 6.45) is 2.81. The van der Waals surface area contributed by atoms with Gasteiger partial charge in [0.05, 0.1) is 0 Å². The fraction of sp³-hybridized carbons (Fsp3) is 0.714. The zero-order valence-corrected chi connectivity index (χ0v) is 14.3. The van der Waals surface area contributed by atoms with Crippen LogP contribution < -0.4 is 10.5 Å². The van der Waals surface area contributed by atoms with Crippen LogP contribution in [0.25, 0.3) is 0 Å². The van der Waals surface area contributed by atoms with Crippen molar-refractivity contribution in [3.63, 3.8) is 0 Å². The van der Waals surface area contributed by atoms with E-state index in [9.17, 15) is 8.42 Å². The molecule has 1 saturated heterocycles. The largest absolute Gasteiger partial charge is 0.329 e. The maximum Gasteiger partial charge on any atom is 0.279 e. The summed E-state index contributed by atoms with van der Waals surface area (Å²) in [4.78, 5) is 1.18. The molecule has 0 radical (unpaired) electrons.